The molecule has 0 heterocycles. The molecule has 0 atom stereocenters. The Bertz CT molecular complexity index is 358. The van der Waals surface area contributed by atoms with Gasteiger partial charge in [-0.3, -0.25) is 0 Å². The number of rotatable bonds is 6. The molecule has 1 aromatic rings. The van der Waals surface area contributed by atoms with Crippen molar-refractivity contribution >= 4 is 0 Å². The molecule has 0 amide bonds. The number of ether oxygens (including phenoxy) is 2. The molecule has 0 unspecified atom stereocenters. The number of hydrogen-bond donors (Lipinski definition) is 2. The zero-order chi connectivity index (χ0) is 12.9. The van der Waals surface area contributed by atoms with Crippen LogP contribution in [0.1, 0.15) is 12.5 Å². The predicted molar refractivity (Wildman–Crippen MR) is 65.5 cm³/mol. The van der Waals surface area contributed by atoms with E-state index in [2.05, 4.69) is 0 Å². The highest BCUT2D eigenvalue weighted by atomic mass is 16.5. The molecular formula is C13H20O4. The molecule has 17 heavy (non-hydrogen) atoms. The highest BCUT2D eigenvalue weighted by molar-refractivity contribution is 5.40. The Morgan fingerprint density at radius 2 is 1.76 bits per heavy atom. The summed E-state index contributed by atoms with van der Waals surface area (Å²) in [5.74, 6) is 1.47. The van der Waals surface area contributed by atoms with Gasteiger partial charge in [0.1, 0.15) is 11.5 Å². The number of hydrogen-bond acceptors (Lipinski definition) is 4. The van der Waals surface area contributed by atoms with Gasteiger partial charge in [0, 0.05) is 5.41 Å². The standard InChI is InChI=1S/C13H20O4/c1-13(8-14,9-15)7-10-6-11(16-2)4-5-12(10)17-3/h4-6,14-15H,7-9H2,1-3H3. The van der Waals surface area contributed by atoms with Crippen molar-refractivity contribution in [3.05, 3.63) is 23.8 Å². The number of aliphatic hydroxyl groups excluding tert-OH is 2. The first-order valence-corrected chi connectivity index (χ1v) is 5.51. The van der Waals surface area contributed by atoms with Gasteiger partial charge in [-0.1, -0.05) is 6.92 Å². The molecule has 0 radical (unpaired) electrons. The molecule has 0 aliphatic rings. The van der Waals surface area contributed by atoms with Crippen LogP contribution in [0.15, 0.2) is 18.2 Å². The van der Waals surface area contributed by atoms with E-state index < -0.39 is 5.41 Å². The lowest BCUT2D eigenvalue weighted by atomic mass is 9.85. The Morgan fingerprint density at radius 3 is 2.24 bits per heavy atom. The van der Waals surface area contributed by atoms with Gasteiger partial charge in [0.15, 0.2) is 0 Å². The van der Waals surface area contributed by atoms with Crippen molar-refractivity contribution in [3.63, 3.8) is 0 Å². The summed E-state index contributed by atoms with van der Waals surface area (Å²) in [5, 5.41) is 18.6. The van der Waals surface area contributed by atoms with Crippen LogP contribution in [0.2, 0.25) is 0 Å². The molecule has 0 bridgehead atoms. The monoisotopic (exact) mass is 240 g/mol. The zero-order valence-electron chi connectivity index (χ0n) is 10.6. The maximum Gasteiger partial charge on any atom is 0.122 e. The topological polar surface area (TPSA) is 58.9 Å². The molecule has 4 nitrogen and oxygen atoms in total. The summed E-state index contributed by atoms with van der Waals surface area (Å²) in [6.45, 7) is 1.67. The molecule has 0 aromatic heterocycles. The molecule has 1 rings (SSSR count). The second-order valence-electron chi connectivity index (χ2n) is 4.48. The summed E-state index contributed by atoms with van der Waals surface area (Å²) in [4.78, 5) is 0. The predicted octanol–water partition coefficient (Wildman–Crippen LogP) is 1.24. The molecule has 0 aliphatic heterocycles. The van der Waals surface area contributed by atoms with E-state index in [9.17, 15) is 10.2 Å². The summed E-state index contributed by atoms with van der Waals surface area (Å²) in [7, 11) is 3.20. The summed E-state index contributed by atoms with van der Waals surface area (Å²) in [6, 6.07) is 5.50. The van der Waals surface area contributed by atoms with E-state index in [-0.39, 0.29) is 13.2 Å². The molecule has 0 aliphatic carbocycles. The van der Waals surface area contributed by atoms with Gasteiger partial charge < -0.3 is 19.7 Å². The molecule has 4 heteroatoms. The Balaban J connectivity index is 3.02. The van der Waals surface area contributed by atoms with Crippen LogP contribution in [0.3, 0.4) is 0 Å². The lowest BCUT2D eigenvalue weighted by Crippen LogP contribution is -2.28. The minimum absolute atomic E-state index is 0.0795. The minimum atomic E-state index is -0.556. The summed E-state index contributed by atoms with van der Waals surface area (Å²) in [6.07, 6.45) is 0.528. The third-order valence-corrected chi connectivity index (χ3v) is 2.87. The van der Waals surface area contributed by atoms with Crippen LogP contribution < -0.4 is 9.47 Å². The van der Waals surface area contributed by atoms with Gasteiger partial charge in [-0.25, -0.2) is 0 Å². The quantitative estimate of drug-likeness (QED) is 0.785. The molecule has 0 fully saturated rings. The fourth-order valence-electron chi connectivity index (χ4n) is 1.64. The lowest BCUT2D eigenvalue weighted by molar-refractivity contribution is 0.0698. The molecule has 1 aromatic carbocycles. The Kier molecular flexibility index (Phi) is 4.78. The van der Waals surface area contributed by atoms with Crippen LogP contribution >= 0.6 is 0 Å². The fraction of sp³-hybridized carbons (Fsp3) is 0.538. The summed E-state index contributed by atoms with van der Waals surface area (Å²) < 4.78 is 10.4. The van der Waals surface area contributed by atoms with Gasteiger partial charge in [-0.05, 0) is 30.2 Å². The molecule has 96 valence electrons. The van der Waals surface area contributed by atoms with Crippen molar-refractivity contribution in [1.82, 2.24) is 0 Å². The average molecular weight is 240 g/mol. The molecule has 0 saturated carbocycles. The van der Waals surface area contributed by atoms with Crippen molar-refractivity contribution in [2.45, 2.75) is 13.3 Å². The minimum Gasteiger partial charge on any atom is -0.497 e. The van der Waals surface area contributed by atoms with E-state index in [1.807, 2.05) is 25.1 Å². The summed E-state index contributed by atoms with van der Waals surface area (Å²) >= 11 is 0. The van der Waals surface area contributed by atoms with Crippen molar-refractivity contribution in [1.29, 1.82) is 0 Å². The van der Waals surface area contributed by atoms with E-state index in [4.69, 9.17) is 9.47 Å². The highest BCUT2D eigenvalue weighted by Crippen LogP contribution is 2.30. The Morgan fingerprint density at radius 1 is 1.12 bits per heavy atom. The number of benzene rings is 1. The van der Waals surface area contributed by atoms with Gasteiger partial charge in [0.25, 0.3) is 0 Å². The first-order chi connectivity index (χ1) is 8.08. The average Bonchev–Trinajstić information content (AvgIpc) is 2.38. The van der Waals surface area contributed by atoms with E-state index in [0.29, 0.717) is 6.42 Å². The first-order valence-electron chi connectivity index (χ1n) is 5.51. The van der Waals surface area contributed by atoms with E-state index >= 15 is 0 Å². The third kappa shape index (κ3) is 3.35. The molecular weight excluding hydrogens is 220 g/mol. The van der Waals surface area contributed by atoms with Gasteiger partial charge in [0.2, 0.25) is 0 Å². The van der Waals surface area contributed by atoms with Crippen molar-refractivity contribution in [3.8, 4) is 11.5 Å². The smallest absolute Gasteiger partial charge is 0.122 e. The molecule has 0 spiro atoms. The van der Waals surface area contributed by atoms with Crippen LogP contribution in [-0.2, 0) is 6.42 Å². The van der Waals surface area contributed by atoms with Gasteiger partial charge in [-0.15, -0.1) is 0 Å². The normalized spacial score (nSPS) is 11.4. The van der Waals surface area contributed by atoms with Crippen LogP contribution in [0, 0.1) is 5.41 Å². The highest BCUT2D eigenvalue weighted by Gasteiger charge is 2.24. The second kappa shape index (κ2) is 5.89. The maximum absolute atomic E-state index is 9.30. The third-order valence-electron chi connectivity index (χ3n) is 2.87. The van der Waals surface area contributed by atoms with Gasteiger partial charge >= 0.3 is 0 Å². The van der Waals surface area contributed by atoms with E-state index in [1.54, 1.807) is 14.2 Å². The van der Waals surface area contributed by atoms with Crippen LogP contribution in [0.4, 0.5) is 0 Å². The number of methoxy groups -OCH3 is 2. The van der Waals surface area contributed by atoms with Crippen molar-refractivity contribution < 1.29 is 19.7 Å². The van der Waals surface area contributed by atoms with E-state index in [0.717, 1.165) is 17.1 Å². The largest absolute Gasteiger partial charge is 0.497 e. The lowest BCUT2D eigenvalue weighted by Gasteiger charge is -2.25. The molecule has 0 saturated heterocycles. The Labute approximate surface area is 102 Å². The van der Waals surface area contributed by atoms with Crippen LogP contribution in [0.5, 0.6) is 11.5 Å². The van der Waals surface area contributed by atoms with Crippen LogP contribution in [0.25, 0.3) is 0 Å². The SMILES string of the molecule is COc1ccc(OC)c(CC(C)(CO)CO)c1. The Hall–Kier alpha value is -1.26. The van der Waals surface area contributed by atoms with Crippen LogP contribution in [-0.4, -0.2) is 37.6 Å². The zero-order valence-corrected chi connectivity index (χ0v) is 10.6. The second-order valence-corrected chi connectivity index (χ2v) is 4.48. The molecule has 2 N–H and O–H groups in total. The van der Waals surface area contributed by atoms with Crippen molar-refractivity contribution in [2.24, 2.45) is 5.41 Å². The van der Waals surface area contributed by atoms with E-state index in [1.165, 1.54) is 0 Å². The van der Waals surface area contributed by atoms with Crippen molar-refractivity contribution in [2.75, 3.05) is 27.4 Å². The summed E-state index contributed by atoms with van der Waals surface area (Å²) in [5.41, 5.74) is 0.358. The maximum atomic E-state index is 9.30. The fourth-order valence-corrected chi connectivity index (χ4v) is 1.64. The van der Waals surface area contributed by atoms with Gasteiger partial charge in [-0.2, -0.15) is 0 Å². The first kappa shape index (κ1) is 13.8. The number of aliphatic hydroxyl groups is 2. The van der Waals surface area contributed by atoms with Gasteiger partial charge in [0.05, 0.1) is 27.4 Å².